The van der Waals surface area contributed by atoms with Crippen molar-refractivity contribution in [1.29, 1.82) is 0 Å². The third kappa shape index (κ3) is 2.86. The maximum atomic E-state index is 14.1. The van der Waals surface area contributed by atoms with Gasteiger partial charge in [0.25, 0.3) is 0 Å². The molecule has 3 rings (SSSR count). The van der Waals surface area contributed by atoms with Gasteiger partial charge in [-0.05, 0) is 23.8 Å². The smallest absolute Gasteiger partial charge is 0.147 e. The van der Waals surface area contributed by atoms with E-state index in [1.807, 2.05) is 30.3 Å². The summed E-state index contributed by atoms with van der Waals surface area (Å²) in [7, 11) is 0. The van der Waals surface area contributed by atoms with E-state index < -0.39 is 0 Å². The molecule has 1 saturated heterocycles. The van der Waals surface area contributed by atoms with Gasteiger partial charge < -0.3 is 10.2 Å². The summed E-state index contributed by atoms with van der Waals surface area (Å²) in [5, 5.41) is 3.49. The van der Waals surface area contributed by atoms with Crippen LogP contribution in [-0.4, -0.2) is 19.6 Å². The second-order valence-corrected chi connectivity index (χ2v) is 5.87. The Morgan fingerprint density at radius 2 is 1.95 bits per heavy atom. The molecular weight excluding hydrogens is 319 g/mol. The highest BCUT2D eigenvalue weighted by Gasteiger charge is 2.22. The van der Waals surface area contributed by atoms with Crippen LogP contribution in [0.2, 0.25) is 0 Å². The molecule has 0 aliphatic carbocycles. The van der Waals surface area contributed by atoms with E-state index in [0.29, 0.717) is 5.69 Å². The first kappa shape index (κ1) is 13.6. The second kappa shape index (κ2) is 5.94. The van der Waals surface area contributed by atoms with Gasteiger partial charge in [-0.1, -0.05) is 46.3 Å². The number of halogens is 2. The Morgan fingerprint density at radius 3 is 2.70 bits per heavy atom. The minimum absolute atomic E-state index is 0.173. The number of hydrogen-bond acceptors (Lipinski definition) is 2. The lowest BCUT2D eigenvalue weighted by Gasteiger charge is -2.35. The Morgan fingerprint density at radius 1 is 1.15 bits per heavy atom. The average Bonchev–Trinajstić information content (AvgIpc) is 2.48. The number of benzene rings is 2. The van der Waals surface area contributed by atoms with Crippen molar-refractivity contribution < 1.29 is 4.39 Å². The highest BCUT2D eigenvalue weighted by molar-refractivity contribution is 9.10. The van der Waals surface area contributed by atoms with Crippen molar-refractivity contribution in [3.63, 3.8) is 0 Å². The van der Waals surface area contributed by atoms with E-state index in [1.165, 1.54) is 11.6 Å². The summed E-state index contributed by atoms with van der Waals surface area (Å²) in [6, 6.07) is 15.8. The van der Waals surface area contributed by atoms with Crippen molar-refractivity contribution in [2.24, 2.45) is 0 Å². The summed E-state index contributed by atoms with van der Waals surface area (Å²) in [6.07, 6.45) is 0. The van der Waals surface area contributed by atoms with E-state index in [9.17, 15) is 4.39 Å². The fourth-order valence-electron chi connectivity index (χ4n) is 2.62. The highest BCUT2D eigenvalue weighted by atomic mass is 79.9. The number of nitrogens with zero attached hydrogens (tertiary/aromatic N) is 1. The van der Waals surface area contributed by atoms with Crippen molar-refractivity contribution in [1.82, 2.24) is 5.32 Å². The van der Waals surface area contributed by atoms with Crippen molar-refractivity contribution in [3.05, 3.63) is 64.4 Å². The van der Waals surface area contributed by atoms with Gasteiger partial charge in [0.05, 0.1) is 5.69 Å². The third-order valence-corrected chi connectivity index (χ3v) is 4.12. The molecule has 1 aliphatic rings. The molecule has 4 heteroatoms. The van der Waals surface area contributed by atoms with Gasteiger partial charge in [0.2, 0.25) is 0 Å². The molecule has 20 heavy (non-hydrogen) atoms. The lowest BCUT2D eigenvalue weighted by atomic mass is 10.0. The van der Waals surface area contributed by atoms with Crippen molar-refractivity contribution in [2.45, 2.75) is 6.04 Å². The van der Waals surface area contributed by atoms with Crippen LogP contribution in [0.15, 0.2) is 53.0 Å². The molecule has 0 amide bonds. The largest absolute Gasteiger partial charge is 0.366 e. The highest BCUT2D eigenvalue weighted by Crippen LogP contribution is 2.26. The number of rotatable bonds is 2. The van der Waals surface area contributed by atoms with Gasteiger partial charge >= 0.3 is 0 Å². The molecule has 1 heterocycles. The fourth-order valence-corrected chi connectivity index (χ4v) is 2.95. The fraction of sp³-hybridized carbons (Fsp3) is 0.250. The Bertz CT molecular complexity index is 588. The quantitative estimate of drug-likeness (QED) is 0.899. The first-order valence-corrected chi connectivity index (χ1v) is 7.51. The van der Waals surface area contributed by atoms with Crippen molar-refractivity contribution in [3.8, 4) is 0 Å². The second-order valence-electron chi connectivity index (χ2n) is 4.96. The van der Waals surface area contributed by atoms with Gasteiger partial charge in [-0.2, -0.15) is 0 Å². The van der Waals surface area contributed by atoms with Gasteiger partial charge in [0.15, 0.2) is 0 Å². The molecule has 1 unspecified atom stereocenters. The Hall–Kier alpha value is -1.39. The number of anilines is 1. The van der Waals surface area contributed by atoms with Gasteiger partial charge in [-0.15, -0.1) is 0 Å². The van der Waals surface area contributed by atoms with E-state index >= 15 is 0 Å². The van der Waals surface area contributed by atoms with Crippen LogP contribution in [0.3, 0.4) is 0 Å². The summed E-state index contributed by atoms with van der Waals surface area (Å²) in [6.45, 7) is 2.46. The van der Waals surface area contributed by atoms with E-state index in [4.69, 9.17) is 0 Å². The zero-order chi connectivity index (χ0) is 13.9. The molecule has 2 nitrogen and oxygen atoms in total. The molecule has 0 bridgehead atoms. The molecule has 1 fully saturated rings. The standard InChI is InChI=1S/C16H16BrFN2/c17-13-6-7-16(14(18)10-13)20-9-8-19-15(11-20)12-4-2-1-3-5-12/h1-7,10,15,19H,8-9,11H2. The molecule has 0 spiro atoms. The lowest BCUT2D eigenvalue weighted by Crippen LogP contribution is -2.46. The zero-order valence-electron chi connectivity index (χ0n) is 11.0. The molecule has 2 aromatic rings. The number of piperazine rings is 1. The number of nitrogens with one attached hydrogen (secondary N) is 1. The molecule has 2 aromatic carbocycles. The molecule has 1 aliphatic heterocycles. The lowest BCUT2D eigenvalue weighted by molar-refractivity contribution is 0.466. The van der Waals surface area contributed by atoms with E-state index in [1.54, 1.807) is 0 Å². The Labute approximate surface area is 126 Å². The minimum Gasteiger partial charge on any atom is -0.366 e. The van der Waals surface area contributed by atoms with Crippen LogP contribution < -0.4 is 10.2 Å². The first-order valence-electron chi connectivity index (χ1n) is 6.72. The predicted molar refractivity (Wildman–Crippen MR) is 83.5 cm³/mol. The predicted octanol–water partition coefficient (Wildman–Crippen LogP) is 3.74. The maximum absolute atomic E-state index is 14.1. The van der Waals surface area contributed by atoms with E-state index in [2.05, 4.69) is 38.3 Å². The van der Waals surface area contributed by atoms with Gasteiger partial charge in [0, 0.05) is 30.1 Å². The van der Waals surface area contributed by atoms with Crippen LogP contribution in [-0.2, 0) is 0 Å². The molecule has 0 saturated carbocycles. The zero-order valence-corrected chi connectivity index (χ0v) is 12.6. The summed E-state index contributed by atoms with van der Waals surface area (Å²) < 4.78 is 14.8. The molecule has 0 radical (unpaired) electrons. The van der Waals surface area contributed by atoms with Crippen LogP contribution in [0.25, 0.3) is 0 Å². The van der Waals surface area contributed by atoms with Crippen LogP contribution >= 0.6 is 15.9 Å². The molecular formula is C16H16BrFN2. The average molecular weight is 335 g/mol. The summed E-state index contributed by atoms with van der Waals surface area (Å²) >= 11 is 3.30. The monoisotopic (exact) mass is 334 g/mol. The summed E-state index contributed by atoms with van der Waals surface area (Å²) in [5.41, 5.74) is 1.92. The van der Waals surface area contributed by atoms with Crippen molar-refractivity contribution in [2.75, 3.05) is 24.5 Å². The summed E-state index contributed by atoms with van der Waals surface area (Å²) in [4.78, 5) is 2.11. The third-order valence-electron chi connectivity index (χ3n) is 3.63. The molecule has 104 valence electrons. The molecule has 1 N–H and O–H groups in total. The Balaban J connectivity index is 1.81. The van der Waals surface area contributed by atoms with Crippen LogP contribution in [0.4, 0.5) is 10.1 Å². The Kier molecular flexibility index (Phi) is 4.03. The maximum Gasteiger partial charge on any atom is 0.147 e. The van der Waals surface area contributed by atoms with Crippen molar-refractivity contribution >= 4 is 21.6 Å². The number of hydrogen-bond donors (Lipinski definition) is 1. The topological polar surface area (TPSA) is 15.3 Å². The van der Waals surface area contributed by atoms with Gasteiger partial charge in [-0.25, -0.2) is 4.39 Å². The molecule has 0 aromatic heterocycles. The van der Waals surface area contributed by atoms with E-state index in [-0.39, 0.29) is 11.9 Å². The van der Waals surface area contributed by atoms with Gasteiger partial charge in [0.1, 0.15) is 5.82 Å². The van der Waals surface area contributed by atoms with Gasteiger partial charge in [-0.3, -0.25) is 0 Å². The summed E-state index contributed by atoms with van der Waals surface area (Å²) in [5.74, 6) is -0.173. The van der Waals surface area contributed by atoms with Crippen LogP contribution in [0.5, 0.6) is 0 Å². The minimum atomic E-state index is -0.173. The van der Waals surface area contributed by atoms with E-state index in [0.717, 1.165) is 24.1 Å². The van der Waals surface area contributed by atoms with Crippen LogP contribution in [0, 0.1) is 5.82 Å². The SMILES string of the molecule is Fc1cc(Br)ccc1N1CCNC(c2ccccc2)C1. The van der Waals surface area contributed by atoms with Crippen LogP contribution in [0.1, 0.15) is 11.6 Å². The first-order chi connectivity index (χ1) is 9.74. The normalized spacial score (nSPS) is 19.1. The molecule has 1 atom stereocenters.